The molecule has 1 unspecified atom stereocenters. The zero-order valence-corrected chi connectivity index (χ0v) is 17.4. The lowest BCUT2D eigenvalue weighted by atomic mass is 9.59. The summed E-state index contributed by atoms with van der Waals surface area (Å²) in [5, 5.41) is 5.94. The van der Waals surface area contributed by atoms with Crippen LogP contribution in [0.3, 0.4) is 0 Å². The van der Waals surface area contributed by atoms with Crippen molar-refractivity contribution in [2.24, 2.45) is 5.92 Å². The highest BCUT2D eigenvalue weighted by molar-refractivity contribution is 5.94. The lowest BCUT2D eigenvalue weighted by Gasteiger charge is -2.45. The van der Waals surface area contributed by atoms with Gasteiger partial charge in [-0.3, -0.25) is 9.59 Å². The van der Waals surface area contributed by atoms with Gasteiger partial charge in [0.1, 0.15) is 0 Å². The van der Waals surface area contributed by atoms with Gasteiger partial charge in [0.25, 0.3) is 5.91 Å². The largest absolute Gasteiger partial charge is 0.356 e. The summed E-state index contributed by atoms with van der Waals surface area (Å²) in [4.78, 5) is 24.5. The molecular formula is C27H26N2O2. The molecule has 156 valence electrons. The van der Waals surface area contributed by atoms with Gasteiger partial charge in [-0.2, -0.15) is 0 Å². The minimum absolute atomic E-state index is 0.0172. The fourth-order valence-corrected chi connectivity index (χ4v) is 5.27. The summed E-state index contributed by atoms with van der Waals surface area (Å²) >= 11 is 0. The zero-order chi connectivity index (χ0) is 21.2. The van der Waals surface area contributed by atoms with Crippen molar-refractivity contribution in [2.45, 2.75) is 24.7 Å². The molecule has 2 amide bonds. The summed E-state index contributed by atoms with van der Waals surface area (Å²) in [6.45, 7) is 0.997. The third-order valence-electron chi connectivity index (χ3n) is 6.66. The molecule has 0 saturated heterocycles. The van der Waals surface area contributed by atoms with Crippen LogP contribution < -0.4 is 10.6 Å². The van der Waals surface area contributed by atoms with Crippen molar-refractivity contribution >= 4 is 11.8 Å². The average molecular weight is 411 g/mol. The monoisotopic (exact) mass is 410 g/mol. The van der Waals surface area contributed by atoms with Gasteiger partial charge in [-0.25, -0.2) is 0 Å². The third kappa shape index (κ3) is 3.74. The van der Waals surface area contributed by atoms with Crippen LogP contribution in [0.25, 0.3) is 0 Å². The third-order valence-corrected chi connectivity index (χ3v) is 6.66. The van der Waals surface area contributed by atoms with Crippen molar-refractivity contribution in [1.82, 2.24) is 10.6 Å². The van der Waals surface area contributed by atoms with Gasteiger partial charge in [-0.15, -0.1) is 0 Å². The van der Waals surface area contributed by atoms with E-state index in [9.17, 15) is 9.59 Å². The maximum absolute atomic E-state index is 12.4. The van der Waals surface area contributed by atoms with Crippen LogP contribution in [-0.2, 0) is 4.79 Å². The zero-order valence-electron chi connectivity index (χ0n) is 17.4. The topological polar surface area (TPSA) is 58.2 Å². The number of carbonyl (C=O) groups excluding carboxylic acids is 2. The highest BCUT2D eigenvalue weighted by Gasteiger charge is 2.42. The smallest absolute Gasteiger partial charge is 0.251 e. The Balaban J connectivity index is 1.20. The lowest BCUT2D eigenvalue weighted by Crippen LogP contribution is -2.40. The van der Waals surface area contributed by atoms with E-state index in [0.717, 1.165) is 6.42 Å². The molecule has 0 aromatic heterocycles. The van der Waals surface area contributed by atoms with Crippen LogP contribution in [0.2, 0.25) is 0 Å². The predicted octanol–water partition coefficient (Wildman–Crippen LogP) is 4.22. The quantitative estimate of drug-likeness (QED) is 0.639. The van der Waals surface area contributed by atoms with E-state index >= 15 is 0 Å². The van der Waals surface area contributed by atoms with Crippen molar-refractivity contribution in [3.8, 4) is 0 Å². The first kappa shape index (κ1) is 19.6. The molecule has 6 rings (SSSR count). The second-order valence-electron chi connectivity index (χ2n) is 8.46. The number of benzene rings is 3. The van der Waals surface area contributed by atoms with Gasteiger partial charge in [0, 0.05) is 36.9 Å². The first-order chi connectivity index (χ1) is 15.2. The second kappa shape index (κ2) is 8.38. The maximum atomic E-state index is 12.4. The molecule has 0 spiro atoms. The number of fused-ring (bicyclic) bond motifs is 1. The van der Waals surface area contributed by atoms with Crippen LogP contribution in [0, 0.1) is 5.92 Å². The molecule has 31 heavy (non-hydrogen) atoms. The number of nitrogens with one attached hydrogen (secondary N) is 2. The molecule has 0 saturated carbocycles. The molecule has 3 aromatic rings. The van der Waals surface area contributed by atoms with Gasteiger partial charge in [0.2, 0.25) is 5.91 Å². The molecule has 2 N–H and O–H groups in total. The molecule has 2 bridgehead atoms. The van der Waals surface area contributed by atoms with Crippen molar-refractivity contribution in [2.75, 3.05) is 13.1 Å². The Morgan fingerprint density at radius 3 is 1.97 bits per heavy atom. The molecule has 3 aliphatic carbocycles. The maximum Gasteiger partial charge on any atom is 0.251 e. The molecule has 3 aliphatic rings. The predicted molar refractivity (Wildman–Crippen MR) is 121 cm³/mol. The molecule has 3 aromatic carbocycles. The van der Waals surface area contributed by atoms with Crippen molar-refractivity contribution in [1.29, 1.82) is 0 Å². The Labute approximate surface area is 182 Å². The van der Waals surface area contributed by atoms with Gasteiger partial charge in [-0.1, -0.05) is 66.7 Å². The number of hydrogen-bond acceptors (Lipinski definition) is 2. The average Bonchev–Trinajstić information content (AvgIpc) is 2.83. The molecule has 4 heteroatoms. The van der Waals surface area contributed by atoms with Crippen LogP contribution in [0.15, 0.2) is 78.9 Å². The fourth-order valence-electron chi connectivity index (χ4n) is 5.27. The normalized spacial score (nSPS) is 20.5. The van der Waals surface area contributed by atoms with E-state index in [1.165, 1.54) is 22.3 Å². The van der Waals surface area contributed by atoms with Crippen molar-refractivity contribution in [3.63, 3.8) is 0 Å². The molecule has 4 nitrogen and oxygen atoms in total. The van der Waals surface area contributed by atoms with Crippen molar-refractivity contribution in [3.05, 3.63) is 107 Å². The first-order valence-corrected chi connectivity index (χ1v) is 11.0. The van der Waals surface area contributed by atoms with E-state index in [1.54, 1.807) is 12.1 Å². The van der Waals surface area contributed by atoms with Crippen LogP contribution in [0.4, 0.5) is 0 Å². The first-order valence-electron chi connectivity index (χ1n) is 11.0. The molecular weight excluding hydrogens is 384 g/mol. The second-order valence-corrected chi connectivity index (χ2v) is 8.46. The fraction of sp³-hybridized carbons (Fsp3) is 0.259. The van der Waals surface area contributed by atoms with Crippen LogP contribution in [0.5, 0.6) is 0 Å². The SMILES string of the molecule is O=C(CCNC(=O)c1ccccc1)NCC1CC2c3ccccc3C1c1ccccc12. The van der Waals surface area contributed by atoms with E-state index in [0.29, 0.717) is 36.4 Å². The Morgan fingerprint density at radius 2 is 1.32 bits per heavy atom. The Kier molecular flexibility index (Phi) is 5.29. The van der Waals surface area contributed by atoms with Gasteiger partial charge in [0.15, 0.2) is 0 Å². The minimum Gasteiger partial charge on any atom is -0.356 e. The van der Waals surface area contributed by atoms with Crippen molar-refractivity contribution < 1.29 is 9.59 Å². The molecule has 0 fully saturated rings. The summed E-state index contributed by atoms with van der Waals surface area (Å²) in [5.74, 6) is 0.959. The lowest BCUT2D eigenvalue weighted by molar-refractivity contribution is -0.121. The van der Waals surface area contributed by atoms with Gasteiger partial charge >= 0.3 is 0 Å². The standard InChI is InChI=1S/C27H26N2O2/c30-25(14-15-28-27(31)18-8-2-1-3-9-18)29-17-19-16-24-20-10-4-6-12-22(20)26(19)23-13-7-5-11-21(23)24/h1-13,19,24,26H,14-17H2,(H,28,31)(H,29,30). The van der Waals surface area contributed by atoms with Gasteiger partial charge in [-0.05, 0) is 46.7 Å². The number of rotatable bonds is 6. The van der Waals surface area contributed by atoms with Crippen LogP contribution in [0.1, 0.15) is 57.3 Å². The van der Waals surface area contributed by atoms with E-state index in [2.05, 4.69) is 59.2 Å². The Morgan fingerprint density at radius 1 is 0.742 bits per heavy atom. The number of amides is 2. The van der Waals surface area contributed by atoms with E-state index in [4.69, 9.17) is 0 Å². The minimum atomic E-state index is -0.147. The highest BCUT2D eigenvalue weighted by atomic mass is 16.2. The van der Waals surface area contributed by atoms with Gasteiger partial charge in [0.05, 0.1) is 0 Å². The van der Waals surface area contributed by atoms with E-state index in [1.807, 2.05) is 18.2 Å². The summed E-state index contributed by atoms with van der Waals surface area (Å²) in [5.41, 5.74) is 6.31. The van der Waals surface area contributed by atoms with Crippen LogP contribution in [-0.4, -0.2) is 24.9 Å². The Bertz CT molecular complexity index is 1060. The highest BCUT2D eigenvalue weighted by Crippen LogP contribution is 2.55. The Hall–Kier alpha value is -3.40. The molecule has 0 aliphatic heterocycles. The molecule has 1 atom stereocenters. The summed E-state index contributed by atoms with van der Waals surface area (Å²) in [7, 11) is 0. The van der Waals surface area contributed by atoms with Crippen LogP contribution >= 0.6 is 0 Å². The number of hydrogen-bond donors (Lipinski definition) is 2. The summed E-state index contributed by atoms with van der Waals surface area (Å²) in [6, 6.07) is 26.6. The van der Waals surface area contributed by atoms with Gasteiger partial charge < -0.3 is 10.6 Å². The van der Waals surface area contributed by atoms with E-state index < -0.39 is 0 Å². The summed E-state index contributed by atoms with van der Waals surface area (Å²) < 4.78 is 0. The molecule has 0 radical (unpaired) electrons. The number of carbonyl (C=O) groups is 2. The van der Waals surface area contributed by atoms with E-state index in [-0.39, 0.29) is 18.2 Å². The molecule has 0 heterocycles. The summed E-state index contributed by atoms with van der Waals surface area (Å²) in [6.07, 6.45) is 1.34.